The number of hydrogen-bond donors (Lipinski definition) is 1. The first-order chi connectivity index (χ1) is 6.70. The van der Waals surface area contributed by atoms with Gasteiger partial charge in [0.15, 0.2) is 0 Å². The van der Waals surface area contributed by atoms with Gasteiger partial charge in [0, 0.05) is 23.2 Å². The first-order valence-corrected chi connectivity index (χ1v) is 3.94. The minimum absolute atomic E-state index is 0.302. The van der Waals surface area contributed by atoms with E-state index in [0.717, 1.165) is 0 Å². The Hall–Kier alpha value is -2.28. The average Bonchev–Trinajstić information content (AvgIpc) is 2.15. The third-order valence-corrected chi connectivity index (χ3v) is 1.89. The van der Waals surface area contributed by atoms with Crippen molar-refractivity contribution >= 4 is 16.7 Å². The van der Waals surface area contributed by atoms with Crippen LogP contribution in [0, 0.1) is 11.3 Å². The molecule has 2 rings (SSSR count). The van der Waals surface area contributed by atoms with Crippen LogP contribution in [0.2, 0.25) is 0 Å². The van der Waals surface area contributed by atoms with Crippen LogP contribution in [0.3, 0.4) is 0 Å². The van der Waals surface area contributed by atoms with E-state index in [1.165, 1.54) is 12.1 Å². The Balaban J connectivity index is 2.97. The van der Waals surface area contributed by atoms with Crippen LogP contribution in [-0.2, 0) is 0 Å². The maximum absolute atomic E-state index is 11.0. The molecule has 0 radical (unpaired) electrons. The van der Waals surface area contributed by atoms with Gasteiger partial charge < -0.3 is 10.2 Å². The third kappa shape index (κ3) is 1.21. The zero-order valence-corrected chi connectivity index (χ0v) is 7.15. The van der Waals surface area contributed by atoms with E-state index < -0.39 is 5.63 Å². The molecule has 0 aliphatic heterocycles. The summed E-state index contributed by atoms with van der Waals surface area (Å²) in [7, 11) is 0. The Morgan fingerprint density at radius 2 is 2.14 bits per heavy atom. The lowest BCUT2D eigenvalue weighted by Gasteiger charge is -1.98. The van der Waals surface area contributed by atoms with Gasteiger partial charge >= 0.3 is 5.63 Å². The molecule has 0 fully saturated rings. The van der Waals surface area contributed by atoms with Crippen LogP contribution in [0.4, 0.5) is 5.69 Å². The summed E-state index contributed by atoms with van der Waals surface area (Å²) in [5.74, 6) is 0. The Labute approximate surface area is 79.2 Å². The molecule has 0 atom stereocenters. The van der Waals surface area contributed by atoms with Gasteiger partial charge in [0.1, 0.15) is 11.7 Å². The highest BCUT2D eigenvalue weighted by Gasteiger charge is 2.04. The van der Waals surface area contributed by atoms with Gasteiger partial charge in [-0.3, -0.25) is 0 Å². The van der Waals surface area contributed by atoms with Crippen molar-refractivity contribution in [2.75, 3.05) is 5.73 Å². The smallest absolute Gasteiger partial charge is 0.337 e. The molecule has 0 aliphatic rings. The second-order valence-electron chi connectivity index (χ2n) is 2.85. The molecule has 2 N–H and O–H groups in total. The maximum atomic E-state index is 11.0. The van der Waals surface area contributed by atoms with Gasteiger partial charge in [-0.2, -0.15) is 5.26 Å². The zero-order chi connectivity index (χ0) is 10.1. The number of nitrogens with two attached hydrogens (primary N) is 1. The molecule has 1 aromatic heterocycles. The van der Waals surface area contributed by atoms with E-state index in [-0.39, 0.29) is 0 Å². The number of nitrogens with zero attached hydrogens (tertiary/aromatic N) is 1. The number of rotatable bonds is 0. The van der Waals surface area contributed by atoms with Crippen molar-refractivity contribution in [3.05, 3.63) is 40.2 Å². The first-order valence-electron chi connectivity index (χ1n) is 3.94. The van der Waals surface area contributed by atoms with Crippen LogP contribution < -0.4 is 11.4 Å². The molecule has 2 aromatic rings. The normalized spacial score (nSPS) is 9.93. The van der Waals surface area contributed by atoms with E-state index in [0.29, 0.717) is 22.2 Å². The molecule has 14 heavy (non-hydrogen) atoms. The van der Waals surface area contributed by atoms with E-state index in [1.807, 2.05) is 6.07 Å². The molecule has 0 bridgehead atoms. The van der Waals surface area contributed by atoms with Crippen molar-refractivity contribution < 1.29 is 4.42 Å². The summed E-state index contributed by atoms with van der Waals surface area (Å²) in [6.45, 7) is 0. The summed E-state index contributed by atoms with van der Waals surface area (Å²) < 4.78 is 4.90. The van der Waals surface area contributed by atoms with Crippen LogP contribution in [-0.4, -0.2) is 0 Å². The fraction of sp³-hybridized carbons (Fsp3) is 0. The Kier molecular flexibility index (Phi) is 1.72. The number of fused-ring (bicyclic) bond motifs is 1. The summed E-state index contributed by atoms with van der Waals surface area (Å²) in [4.78, 5) is 11.0. The molecule has 1 aromatic carbocycles. The molecule has 0 amide bonds. The molecule has 1 heterocycles. The van der Waals surface area contributed by atoms with Gasteiger partial charge in [0.25, 0.3) is 0 Å². The van der Waals surface area contributed by atoms with Crippen molar-refractivity contribution in [3.63, 3.8) is 0 Å². The topological polar surface area (TPSA) is 80.0 Å². The van der Waals surface area contributed by atoms with Gasteiger partial charge in [0.2, 0.25) is 0 Å². The van der Waals surface area contributed by atoms with E-state index in [1.54, 1.807) is 12.1 Å². The average molecular weight is 186 g/mol. The van der Waals surface area contributed by atoms with E-state index >= 15 is 0 Å². The van der Waals surface area contributed by atoms with Crippen LogP contribution in [0.25, 0.3) is 11.0 Å². The molecule has 0 saturated heterocycles. The summed E-state index contributed by atoms with van der Waals surface area (Å²) >= 11 is 0. The predicted molar refractivity (Wildman–Crippen MR) is 51.6 cm³/mol. The van der Waals surface area contributed by atoms with Gasteiger partial charge in [0.05, 0.1) is 5.56 Å². The summed E-state index contributed by atoms with van der Waals surface area (Å²) in [5, 5.41) is 9.37. The van der Waals surface area contributed by atoms with Crippen molar-refractivity contribution in [2.45, 2.75) is 0 Å². The molecule has 4 nitrogen and oxygen atoms in total. The minimum atomic E-state index is -0.542. The molecule has 4 heteroatoms. The van der Waals surface area contributed by atoms with Crippen molar-refractivity contribution in [2.24, 2.45) is 0 Å². The van der Waals surface area contributed by atoms with Crippen LogP contribution >= 0.6 is 0 Å². The lowest BCUT2D eigenvalue weighted by molar-refractivity contribution is 0.560. The number of nitrogen functional groups attached to an aromatic ring is 1. The van der Waals surface area contributed by atoms with Gasteiger partial charge in [-0.15, -0.1) is 0 Å². The maximum Gasteiger partial charge on any atom is 0.337 e. The van der Waals surface area contributed by atoms with Gasteiger partial charge in [-0.1, -0.05) is 0 Å². The van der Waals surface area contributed by atoms with Crippen molar-refractivity contribution in [1.82, 2.24) is 0 Å². The number of hydrogen-bond acceptors (Lipinski definition) is 4. The Morgan fingerprint density at radius 1 is 1.36 bits per heavy atom. The molecule has 0 saturated carbocycles. The van der Waals surface area contributed by atoms with Gasteiger partial charge in [-0.25, -0.2) is 4.79 Å². The predicted octanol–water partition coefficient (Wildman–Crippen LogP) is 1.25. The highest BCUT2D eigenvalue weighted by molar-refractivity contribution is 5.85. The lowest BCUT2D eigenvalue weighted by Crippen LogP contribution is -1.98. The van der Waals surface area contributed by atoms with Gasteiger partial charge in [-0.05, 0) is 12.1 Å². The largest absolute Gasteiger partial charge is 0.423 e. The van der Waals surface area contributed by atoms with E-state index in [4.69, 9.17) is 15.4 Å². The van der Waals surface area contributed by atoms with Crippen LogP contribution in [0.1, 0.15) is 5.56 Å². The molecule has 0 unspecified atom stereocenters. The second-order valence-corrected chi connectivity index (χ2v) is 2.85. The molecular formula is C10H6N2O2. The Morgan fingerprint density at radius 3 is 2.86 bits per heavy atom. The molecule has 68 valence electrons. The van der Waals surface area contributed by atoms with E-state index in [2.05, 4.69) is 0 Å². The highest BCUT2D eigenvalue weighted by Crippen LogP contribution is 2.18. The number of nitriles is 1. The number of anilines is 1. The highest BCUT2D eigenvalue weighted by atomic mass is 16.4. The standard InChI is InChI=1S/C10H6N2O2/c11-5-6-3-10(13)14-9-4-7(12)1-2-8(6)9/h1-4H,12H2. The first kappa shape index (κ1) is 8.32. The van der Waals surface area contributed by atoms with Crippen LogP contribution in [0.15, 0.2) is 33.5 Å². The second kappa shape index (κ2) is 2.89. The summed E-state index contributed by atoms with van der Waals surface area (Å²) in [6.07, 6.45) is 0. The van der Waals surface area contributed by atoms with Crippen LogP contribution in [0.5, 0.6) is 0 Å². The fourth-order valence-electron chi connectivity index (χ4n) is 1.27. The zero-order valence-electron chi connectivity index (χ0n) is 7.15. The molecular weight excluding hydrogens is 180 g/mol. The summed E-state index contributed by atoms with van der Waals surface area (Å²) in [6, 6.07) is 7.93. The Bertz CT molecular complexity index is 593. The lowest BCUT2D eigenvalue weighted by atomic mass is 10.1. The molecule has 0 aliphatic carbocycles. The summed E-state index contributed by atoms with van der Waals surface area (Å²) in [5.41, 5.74) is 6.12. The fourth-order valence-corrected chi connectivity index (χ4v) is 1.27. The minimum Gasteiger partial charge on any atom is -0.423 e. The third-order valence-electron chi connectivity index (χ3n) is 1.89. The molecule has 0 spiro atoms. The quantitative estimate of drug-likeness (QED) is 0.496. The monoisotopic (exact) mass is 186 g/mol. The SMILES string of the molecule is N#Cc1cc(=O)oc2cc(N)ccc12. The van der Waals surface area contributed by atoms with E-state index in [9.17, 15) is 4.79 Å². The van der Waals surface area contributed by atoms with Crippen molar-refractivity contribution in [3.8, 4) is 6.07 Å². The van der Waals surface area contributed by atoms with Crippen molar-refractivity contribution in [1.29, 1.82) is 5.26 Å². The number of benzene rings is 1.